The molecule has 1 aliphatic rings. The summed E-state index contributed by atoms with van der Waals surface area (Å²) in [6, 6.07) is 12.6. The topological polar surface area (TPSA) is 80.5 Å². The highest BCUT2D eigenvalue weighted by Crippen LogP contribution is 2.39. The number of nitro groups is 1. The molecule has 0 saturated heterocycles. The van der Waals surface area contributed by atoms with Gasteiger partial charge in [-0.1, -0.05) is 41.9 Å². The van der Waals surface area contributed by atoms with E-state index in [2.05, 4.69) is 0 Å². The first-order chi connectivity index (χ1) is 12.3. The Morgan fingerprint density at radius 1 is 1.23 bits per heavy atom. The van der Waals surface area contributed by atoms with Gasteiger partial charge in [0, 0.05) is 24.7 Å². The van der Waals surface area contributed by atoms with Crippen LogP contribution in [0.5, 0.6) is 0 Å². The molecule has 0 aliphatic heterocycles. The normalized spacial score (nSPS) is 15.8. The van der Waals surface area contributed by atoms with E-state index in [4.69, 9.17) is 11.6 Å². The van der Waals surface area contributed by atoms with Crippen molar-refractivity contribution in [3.05, 3.63) is 69.2 Å². The molecule has 138 valence electrons. The second-order valence-electron chi connectivity index (χ2n) is 6.49. The lowest BCUT2D eigenvalue weighted by Crippen LogP contribution is -2.39. The molecule has 1 atom stereocenters. The molecule has 1 aliphatic carbocycles. The summed E-state index contributed by atoms with van der Waals surface area (Å²) in [4.78, 5) is 10.2. The van der Waals surface area contributed by atoms with Crippen LogP contribution in [0.1, 0.15) is 25.3 Å². The third kappa shape index (κ3) is 3.90. The Balaban J connectivity index is 2.04. The van der Waals surface area contributed by atoms with Crippen LogP contribution in [0.2, 0.25) is 5.02 Å². The molecule has 1 fully saturated rings. The zero-order chi connectivity index (χ0) is 18.9. The Labute approximate surface area is 157 Å². The lowest BCUT2D eigenvalue weighted by molar-refractivity contribution is -0.385. The summed E-state index contributed by atoms with van der Waals surface area (Å²) in [7, 11) is -3.99. The molecule has 0 amide bonds. The van der Waals surface area contributed by atoms with Crippen LogP contribution < -0.4 is 0 Å². The number of hydrogen-bond acceptors (Lipinski definition) is 4. The number of nitrogens with zero attached hydrogens (tertiary/aromatic N) is 2. The van der Waals surface area contributed by atoms with Gasteiger partial charge in [-0.25, -0.2) is 8.42 Å². The van der Waals surface area contributed by atoms with E-state index in [1.807, 2.05) is 37.3 Å². The van der Waals surface area contributed by atoms with E-state index in [0.717, 1.165) is 24.5 Å². The highest BCUT2D eigenvalue weighted by molar-refractivity contribution is 7.89. The number of nitro benzene ring substituents is 1. The van der Waals surface area contributed by atoms with Gasteiger partial charge in [0.15, 0.2) is 0 Å². The van der Waals surface area contributed by atoms with Gasteiger partial charge in [-0.05, 0) is 37.3 Å². The van der Waals surface area contributed by atoms with Gasteiger partial charge < -0.3 is 0 Å². The number of sulfonamides is 1. The lowest BCUT2D eigenvalue weighted by Gasteiger charge is -2.29. The number of rotatable bonds is 7. The number of halogens is 1. The van der Waals surface area contributed by atoms with Crippen molar-refractivity contribution >= 4 is 27.3 Å². The molecule has 2 aromatic carbocycles. The molecule has 0 N–H and O–H groups in total. The fraction of sp³-hybridized carbons (Fsp3) is 0.333. The van der Waals surface area contributed by atoms with E-state index in [9.17, 15) is 18.5 Å². The first-order valence-electron chi connectivity index (χ1n) is 8.30. The summed E-state index contributed by atoms with van der Waals surface area (Å²) in [6.07, 6.45) is 1.95. The average Bonchev–Trinajstić information content (AvgIpc) is 3.45. The molecule has 8 heteroatoms. The molecule has 26 heavy (non-hydrogen) atoms. The van der Waals surface area contributed by atoms with Crippen molar-refractivity contribution < 1.29 is 13.3 Å². The quantitative estimate of drug-likeness (QED) is 0.519. The third-order valence-corrected chi connectivity index (χ3v) is 7.07. The molecule has 1 saturated carbocycles. The van der Waals surface area contributed by atoms with E-state index in [-0.39, 0.29) is 28.2 Å². The van der Waals surface area contributed by atoms with Gasteiger partial charge in [-0.3, -0.25) is 10.1 Å². The molecular formula is C18H19ClN2O4S. The average molecular weight is 395 g/mol. The Morgan fingerprint density at radius 2 is 1.88 bits per heavy atom. The first-order valence-corrected chi connectivity index (χ1v) is 10.1. The summed E-state index contributed by atoms with van der Waals surface area (Å²) < 4.78 is 28.1. The Morgan fingerprint density at radius 3 is 2.46 bits per heavy atom. The molecule has 1 unspecified atom stereocenters. The number of hydrogen-bond donors (Lipinski definition) is 0. The summed E-state index contributed by atoms with van der Waals surface area (Å²) in [5.41, 5.74) is 0.553. The minimum Gasteiger partial charge on any atom is -0.258 e. The van der Waals surface area contributed by atoms with Crippen molar-refractivity contribution in [2.45, 2.75) is 37.2 Å². The minimum absolute atomic E-state index is 0.0170. The van der Waals surface area contributed by atoms with E-state index in [1.165, 1.54) is 16.4 Å². The molecule has 0 heterocycles. The highest BCUT2D eigenvalue weighted by atomic mass is 35.5. The lowest BCUT2D eigenvalue weighted by atomic mass is 10.2. The Bertz CT molecular complexity index is 914. The molecule has 2 aromatic rings. The molecule has 0 spiro atoms. The summed E-state index contributed by atoms with van der Waals surface area (Å²) in [5.74, 6) is 0.297. The Kier molecular flexibility index (Phi) is 5.32. The van der Waals surface area contributed by atoms with Crippen LogP contribution in [0.15, 0.2) is 53.4 Å². The van der Waals surface area contributed by atoms with Crippen LogP contribution >= 0.6 is 11.6 Å². The summed E-state index contributed by atoms with van der Waals surface area (Å²) >= 11 is 6.10. The van der Waals surface area contributed by atoms with Crippen molar-refractivity contribution in [1.82, 2.24) is 4.31 Å². The second-order valence-corrected chi connectivity index (χ2v) is 8.75. The van der Waals surface area contributed by atoms with Crippen molar-refractivity contribution in [1.29, 1.82) is 0 Å². The van der Waals surface area contributed by atoms with Crippen molar-refractivity contribution in [2.75, 3.05) is 0 Å². The fourth-order valence-electron chi connectivity index (χ4n) is 2.95. The SMILES string of the molecule is CC(C1CC1)N(Cc1ccccc1)S(=O)(=O)c1cc([N+](=O)[O-])ccc1Cl. The van der Waals surface area contributed by atoms with Gasteiger partial charge >= 0.3 is 0 Å². The van der Waals surface area contributed by atoms with Gasteiger partial charge in [0.05, 0.1) is 9.95 Å². The van der Waals surface area contributed by atoms with Crippen molar-refractivity contribution in [3.8, 4) is 0 Å². The minimum atomic E-state index is -3.99. The fourth-order valence-corrected chi connectivity index (χ4v) is 5.13. The van der Waals surface area contributed by atoms with Gasteiger partial charge in [0.2, 0.25) is 10.0 Å². The molecule has 3 rings (SSSR count). The molecule has 0 bridgehead atoms. The maximum absolute atomic E-state index is 13.3. The van der Waals surface area contributed by atoms with E-state index in [0.29, 0.717) is 5.92 Å². The van der Waals surface area contributed by atoms with Crippen LogP contribution in [-0.4, -0.2) is 23.7 Å². The maximum Gasteiger partial charge on any atom is 0.270 e. The third-order valence-electron chi connectivity index (χ3n) is 4.65. The predicted molar refractivity (Wildman–Crippen MR) is 99.5 cm³/mol. The molecule has 6 nitrogen and oxygen atoms in total. The van der Waals surface area contributed by atoms with E-state index < -0.39 is 14.9 Å². The zero-order valence-electron chi connectivity index (χ0n) is 14.2. The van der Waals surface area contributed by atoms with Gasteiger partial charge in [0.1, 0.15) is 4.90 Å². The monoisotopic (exact) mass is 394 g/mol. The Hall–Kier alpha value is -1.96. The van der Waals surface area contributed by atoms with Gasteiger partial charge in [-0.15, -0.1) is 0 Å². The van der Waals surface area contributed by atoms with Gasteiger partial charge in [-0.2, -0.15) is 4.31 Å². The molecule has 0 aromatic heterocycles. The summed E-state index contributed by atoms with van der Waals surface area (Å²) in [6.45, 7) is 2.07. The van der Waals surface area contributed by atoms with Crippen LogP contribution in [0, 0.1) is 16.0 Å². The van der Waals surface area contributed by atoms with Crippen LogP contribution in [0.25, 0.3) is 0 Å². The van der Waals surface area contributed by atoms with E-state index >= 15 is 0 Å². The van der Waals surface area contributed by atoms with Crippen molar-refractivity contribution in [3.63, 3.8) is 0 Å². The van der Waals surface area contributed by atoms with Crippen LogP contribution in [0.3, 0.4) is 0 Å². The maximum atomic E-state index is 13.3. The number of non-ortho nitro benzene ring substituents is 1. The second kappa shape index (κ2) is 7.34. The number of benzene rings is 2. The van der Waals surface area contributed by atoms with Crippen molar-refractivity contribution in [2.24, 2.45) is 5.92 Å². The van der Waals surface area contributed by atoms with E-state index in [1.54, 1.807) is 0 Å². The standard InChI is InChI=1S/C18H19ClN2O4S/c1-13(15-7-8-15)20(12-14-5-3-2-4-6-14)26(24,25)18-11-16(21(22)23)9-10-17(18)19/h2-6,9-11,13,15H,7-8,12H2,1H3. The first kappa shape index (κ1) is 18.8. The summed E-state index contributed by atoms with van der Waals surface area (Å²) in [5, 5.41) is 11.0. The molecule has 0 radical (unpaired) electrons. The highest BCUT2D eigenvalue weighted by Gasteiger charge is 2.39. The smallest absolute Gasteiger partial charge is 0.258 e. The van der Waals surface area contributed by atoms with Gasteiger partial charge in [0.25, 0.3) is 5.69 Å². The predicted octanol–water partition coefficient (Wildman–Crippen LogP) is 4.24. The van der Waals surface area contributed by atoms with Crippen LogP contribution in [0.4, 0.5) is 5.69 Å². The largest absolute Gasteiger partial charge is 0.270 e. The zero-order valence-corrected chi connectivity index (χ0v) is 15.8. The van der Waals surface area contributed by atoms with Crippen LogP contribution in [-0.2, 0) is 16.6 Å². The molecular weight excluding hydrogens is 376 g/mol.